The Morgan fingerprint density at radius 3 is 2.97 bits per heavy atom. The van der Waals surface area contributed by atoms with Crippen LogP contribution >= 0.6 is 0 Å². The average molecular weight is 407 g/mol. The molecule has 0 bridgehead atoms. The zero-order valence-corrected chi connectivity index (χ0v) is 17.0. The molecule has 0 fully saturated rings. The summed E-state index contributed by atoms with van der Waals surface area (Å²) in [6.45, 7) is 4.09. The zero-order valence-electron chi connectivity index (χ0n) is 17.0. The van der Waals surface area contributed by atoms with Crippen molar-refractivity contribution in [3.05, 3.63) is 65.3 Å². The number of aromatic amines is 1. The van der Waals surface area contributed by atoms with Gasteiger partial charge in [0.25, 0.3) is 5.91 Å². The molecule has 0 saturated carbocycles. The summed E-state index contributed by atoms with van der Waals surface area (Å²) in [5.74, 6) is 0.800. The van der Waals surface area contributed by atoms with Gasteiger partial charge in [0.1, 0.15) is 5.82 Å². The number of fused-ring (bicyclic) bond motifs is 1. The van der Waals surface area contributed by atoms with Crippen LogP contribution in [-0.4, -0.2) is 54.5 Å². The minimum absolute atomic E-state index is 0.0887. The molecular weight excluding hydrogens is 382 g/mol. The van der Waals surface area contributed by atoms with E-state index < -0.39 is 0 Å². The first-order valence-electron chi connectivity index (χ1n) is 10.1. The number of nitrogens with zero attached hydrogens (tertiary/aromatic N) is 5. The van der Waals surface area contributed by atoms with Gasteiger partial charge in [-0.3, -0.25) is 19.7 Å². The van der Waals surface area contributed by atoms with Crippen molar-refractivity contribution in [2.45, 2.75) is 39.3 Å². The lowest BCUT2D eigenvalue weighted by molar-refractivity contribution is -0.132. The highest BCUT2D eigenvalue weighted by atomic mass is 16.2. The first-order valence-corrected chi connectivity index (χ1v) is 10.1. The molecule has 9 heteroatoms. The maximum atomic E-state index is 12.6. The third-order valence-corrected chi connectivity index (χ3v) is 5.41. The van der Waals surface area contributed by atoms with E-state index >= 15 is 0 Å². The van der Waals surface area contributed by atoms with Gasteiger partial charge >= 0.3 is 0 Å². The lowest BCUT2D eigenvalue weighted by Gasteiger charge is -2.27. The zero-order chi connectivity index (χ0) is 20.9. The van der Waals surface area contributed by atoms with Crippen LogP contribution in [0.15, 0.2) is 36.9 Å². The molecule has 0 spiro atoms. The van der Waals surface area contributed by atoms with E-state index in [0.29, 0.717) is 51.1 Å². The molecule has 0 radical (unpaired) electrons. The molecule has 156 valence electrons. The molecule has 4 heterocycles. The van der Waals surface area contributed by atoms with E-state index in [1.165, 1.54) is 0 Å². The number of amides is 2. The van der Waals surface area contributed by atoms with Gasteiger partial charge in [0.2, 0.25) is 5.91 Å². The van der Waals surface area contributed by atoms with Crippen molar-refractivity contribution in [2.75, 3.05) is 13.1 Å². The standard InChI is InChI=1S/C21H25N7O2/c1-15-23-9-12-27(15)11-6-19(29)28-10-5-17-18(14-28)25-26-20(17)21(30)24-8-4-16-3-2-7-22-13-16/h2-3,7,9,12-13H,4-6,8,10-11,14H2,1H3,(H,24,30)(H,25,26). The monoisotopic (exact) mass is 407 g/mol. The second kappa shape index (κ2) is 8.89. The van der Waals surface area contributed by atoms with E-state index in [4.69, 9.17) is 0 Å². The SMILES string of the molecule is Cc1nccn1CCC(=O)N1CCc2c(C(=O)NCCc3cccnc3)n[nH]c2C1. The predicted molar refractivity (Wildman–Crippen MR) is 110 cm³/mol. The van der Waals surface area contributed by atoms with Gasteiger partial charge in [-0.2, -0.15) is 5.10 Å². The fourth-order valence-electron chi connectivity index (χ4n) is 3.68. The van der Waals surface area contributed by atoms with Crippen molar-refractivity contribution in [1.29, 1.82) is 0 Å². The molecule has 3 aromatic heterocycles. The molecule has 2 N–H and O–H groups in total. The number of aryl methyl sites for hydroxylation is 2. The fourth-order valence-corrected chi connectivity index (χ4v) is 3.68. The van der Waals surface area contributed by atoms with Crippen molar-refractivity contribution < 1.29 is 9.59 Å². The second-order valence-corrected chi connectivity index (χ2v) is 7.38. The third-order valence-electron chi connectivity index (χ3n) is 5.41. The maximum absolute atomic E-state index is 12.6. The predicted octanol–water partition coefficient (Wildman–Crippen LogP) is 1.26. The number of pyridine rings is 1. The molecular formula is C21H25N7O2. The summed E-state index contributed by atoms with van der Waals surface area (Å²) in [6.07, 6.45) is 8.89. The Hall–Kier alpha value is -3.49. The van der Waals surface area contributed by atoms with Gasteiger partial charge in [-0.05, 0) is 31.4 Å². The average Bonchev–Trinajstić information content (AvgIpc) is 3.38. The van der Waals surface area contributed by atoms with Crippen LogP contribution < -0.4 is 5.32 Å². The van der Waals surface area contributed by atoms with Crippen molar-refractivity contribution in [1.82, 2.24) is 34.9 Å². The summed E-state index contributed by atoms with van der Waals surface area (Å²) >= 11 is 0. The van der Waals surface area contributed by atoms with Crippen molar-refractivity contribution in [3.63, 3.8) is 0 Å². The Balaban J connectivity index is 1.30. The normalized spacial score (nSPS) is 13.2. The minimum Gasteiger partial charge on any atom is -0.350 e. The summed E-state index contributed by atoms with van der Waals surface area (Å²) in [4.78, 5) is 35.2. The topological polar surface area (TPSA) is 109 Å². The van der Waals surface area contributed by atoms with Crippen LogP contribution in [0.2, 0.25) is 0 Å². The smallest absolute Gasteiger partial charge is 0.272 e. The van der Waals surface area contributed by atoms with Crippen LogP contribution in [0.25, 0.3) is 0 Å². The molecule has 0 aromatic carbocycles. The molecule has 0 atom stereocenters. The van der Waals surface area contributed by atoms with Gasteiger partial charge < -0.3 is 14.8 Å². The Kier molecular flexibility index (Phi) is 5.87. The van der Waals surface area contributed by atoms with Gasteiger partial charge in [0.05, 0.1) is 12.2 Å². The minimum atomic E-state index is -0.188. The summed E-state index contributed by atoms with van der Waals surface area (Å²) in [7, 11) is 0. The summed E-state index contributed by atoms with van der Waals surface area (Å²) in [5.41, 5.74) is 3.24. The van der Waals surface area contributed by atoms with Crippen molar-refractivity contribution in [3.8, 4) is 0 Å². The number of nitrogens with one attached hydrogen (secondary N) is 2. The largest absolute Gasteiger partial charge is 0.350 e. The molecule has 9 nitrogen and oxygen atoms in total. The third kappa shape index (κ3) is 4.40. The van der Waals surface area contributed by atoms with Crippen molar-refractivity contribution >= 4 is 11.8 Å². The summed E-state index contributed by atoms with van der Waals surface area (Å²) < 4.78 is 1.97. The highest BCUT2D eigenvalue weighted by Crippen LogP contribution is 2.21. The van der Waals surface area contributed by atoms with E-state index in [0.717, 1.165) is 22.6 Å². The van der Waals surface area contributed by atoms with Crippen LogP contribution in [0, 0.1) is 6.92 Å². The molecule has 1 aliphatic heterocycles. The highest BCUT2D eigenvalue weighted by molar-refractivity contribution is 5.94. The number of hydrogen-bond donors (Lipinski definition) is 2. The number of aromatic nitrogens is 5. The Morgan fingerprint density at radius 2 is 2.20 bits per heavy atom. The Labute approximate surface area is 174 Å². The molecule has 0 unspecified atom stereocenters. The van der Waals surface area contributed by atoms with Crippen molar-refractivity contribution in [2.24, 2.45) is 0 Å². The van der Waals surface area contributed by atoms with Crippen LogP contribution in [0.5, 0.6) is 0 Å². The molecule has 1 aliphatic rings. The Morgan fingerprint density at radius 1 is 1.30 bits per heavy atom. The van der Waals surface area contributed by atoms with Gasteiger partial charge in [0, 0.05) is 56.4 Å². The van der Waals surface area contributed by atoms with Crippen LogP contribution in [-0.2, 0) is 30.7 Å². The van der Waals surface area contributed by atoms with Crippen LogP contribution in [0.3, 0.4) is 0 Å². The quantitative estimate of drug-likeness (QED) is 0.613. The number of carbonyl (C=O) groups is 2. The lowest BCUT2D eigenvalue weighted by atomic mass is 10.0. The first kappa shape index (κ1) is 19.8. The van der Waals surface area contributed by atoms with Gasteiger partial charge in [0.15, 0.2) is 5.69 Å². The highest BCUT2D eigenvalue weighted by Gasteiger charge is 2.27. The van der Waals surface area contributed by atoms with E-state index in [1.807, 2.05) is 34.7 Å². The van der Waals surface area contributed by atoms with E-state index in [9.17, 15) is 9.59 Å². The van der Waals surface area contributed by atoms with Crippen LogP contribution in [0.4, 0.5) is 0 Å². The molecule has 4 rings (SSSR count). The fraction of sp³-hybridized carbons (Fsp3) is 0.381. The van der Waals surface area contributed by atoms with E-state index in [1.54, 1.807) is 18.6 Å². The number of rotatable bonds is 7. The van der Waals surface area contributed by atoms with E-state index in [2.05, 4.69) is 25.5 Å². The Bertz CT molecular complexity index is 1030. The van der Waals surface area contributed by atoms with Crippen LogP contribution in [0.1, 0.15) is 39.6 Å². The molecule has 0 saturated heterocycles. The van der Waals surface area contributed by atoms with Gasteiger partial charge in [-0.1, -0.05) is 6.07 Å². The summed E-state index contributed by atoms with van der Waals surface area (Å²) in [6, 6.07) is 3.86. The van der Waals surface area contributed by atoms with E-state index in [-0.39, 0.29) is 11.8 Å². The number of hydrogen-bond acceptors (Lipinski definition) is 5. The number of H-pyrrole nitrogens is 1. The lowest BCUT2D eigenvalue weighted by Crippen LogP contribution is -2.37. The number of imidazole rings is 1. The first-order chi connectivity index (χ1) is 14.6. The molecule has 30 heavy (non-hydrogen) atoms. The second-order valence-electron chi connectivity index (χ2n) is 7.38. The van der Waals surface area contributed by atoms with Gasteiger partial charge in [-0.25, -0.2) is 4.98 Å². The number of carbonyl (C=O) groups excluding carboxylic acids is 2. The maximum Gasteiger partial charge on any atom is 0.272 e. The molecule has 2 amide bonds. The molecule has 0 aliphatic carbocycles. The molecule has 3 aromatic rings. The summed E-state index contributed by atoms with van der Waals surface area (Å²) in [5, 5.41) is 10.1. The van der Waals surface area contributed by atoms with Gasteiger partial charge in [-0.15, -0.1) is 0 Å².